The van der Waals surface area contributed by atoms with Crippen LogP contribution in [0.1, 0.15) is 17.2 Å². The summed E-state index contributed by atoms with van der Waals surface area (Å²) in [7, 11) is 0. The highest BCUT2D eigenvalue weighted by molar-refractivity contribution is 5.88. The standard InChI is InChI=1S/C16H14N4/c17-15-8-6-12(7-9-15)10-14-11-18-20-19-16(14)13-4-2-1-3-5-13/h1-11,16H,17H2. The minimum atomic E-state index is -0.105. The van der Waals surface area contributed by atoms with Gasteiger partial charge >= 0.3 is 0 Å². The topological polar surface area (TPSA) is 63.1 Å². The Morgan fingerprint density at radius 3 is 2.45 bits per heavy atom. The Kier molecular flexibility index (Phi) is 3.37. The lowest BCUT2D eigenvalue weighted by atomic mass is 9.98. The van der Waals surface area contributed by atoms with Crippen molar-refractivity contribution in [3.05, 3.63) is 71.3 Å². The minimum absolute atomic E-state index is 0.105. The predicted molar refractivity (Wildman–Crippen MR) is 81.4 cm³/mol. The van der Waals surface area contributed by atoms with Gasteiger partial charge in [-0.1, -0.05) is 42.5 Å². The molecule has 2 aromatic carbocycles. The molecule has 0 radical (unpaired) electrons. The van der Waals surface area contributed by atoms with Crippen LogP contribution in [-0.4, -0.2) is 6.21 Å². The third-order valence-electron chi connectivity index (χ3n) is 3.13. The van der Waals surface area contributed by atoms with E-state index in [0.717, 1.165) is 22.4 Å². The van der Waals surface area contributed by atoms with Crippen LogP contribution >= 0.6 is 0 Å². The molecular weight excluding hydrogens is 248 g/mol. The normalized spacial score (nSPS) is 19.4. The van der Waals surface area contributed by atoms with Gasteiger partial charge in [0.2, 0.25) is 0 Å². The number of benzene rings is 2. The number of nitrogens with two attached hydrogens (primary N) is 1. The SMILES string of the molecule is Nc1ccc(C=C2C=NN=NC2c2ccccc2)cc1. The minimum Gasteiger partial charge on any atom is -0.399 e. The molecule has 1 atom stereocenters. The van der Waals surface area contributed by atoms with Crippen molar-refractivity contribution in [3.63, 3.8) is 0 Å². The van der Waals surface area contributed by atoms with Crippen molar-refractivity contribution in [2.24, 2.45) is 15.4 Å². The Morgan fingerprint density at radius 1 is 0.950 bits per heavy atom. The van der Waals surface area contributed by atoms with Gasteiger partial charge in [-0.2, -0.15) is 5.11 Å². The fourth-order valence-corrected chi connectivity index (χ4v) is 2.11. The molecule has 1 heterocycles. The average molecular weight is 262 g/mol. The van der Waals surface area contributed by atoms with E-state index in [2.05, 4.69) is 21.5 Å². The van der Waals surface area contributed by atoms with E-state index in [9.17, 15) is 0 Å². The van der Waals surface area contributed by atoms with Gasteiger partial charge in [0.05, 0.1) is 6.21 Å². The van der Waals surface area contributed by atoms with E-state index in [4.69, 9.17) is 5.73 Å². The zero-order valence-corrected chi connectivity index (χ0v) is 10.8. The number of rotatable bonds is 2. The molecule has 4 heteroatoms. The Balaban J connectivity index is 1.96. The third kappa shape index (κ3) is 2.64. The fourth-order valence-electron chi connectivity index (χ4n) is 2.11. The maximum atomic E-state index is 5.70. The van der Waals surface area contributed by atoms with E-state index in [1.807, 2.05) is 54.6 Å². The number of nitrogens with zero attached hydrogens (tertiary/aromatic N) is 3. The summed E-state index contributed by atoms with van der Waals surface area (Å²) in [6, 6.07) is 17.7. The zero-order chi connectivity index (χ0) is 13.8. The number of hydrogen-bond acceptors (Lipinski definition) is 4. The molecule has 2 N–H and O–H groups in total. The largest absolute Gasteiger partial charge is 0.399 e. The van der Waals surface area contributed by atoms with Crippen molar-refractivity contribution in [1.82, 2.24) is 0 Å². The number of nitrogen functional groups attached to an aromatic ring is 1. The van der Waals surface area contributed by atoms with Gasteiger partial charge in [-0.15, -0.1) is 5.10 Å². The molecule has 0 fully saturated rings. The quantitative estimate of drug-likeness (QED) is 0.821. The molecule has 1 aliphatic rings. The summed E-state index contributed by atoms with van der Waals surface area (Å²) in [4.78, 5) is 0. The van der Waals surface area contributed by atoms with E-state index >= 15 is 0 Å². The van der Waals surface area contributed by atoms with Gasteiger partial charge < -0.3 is 5.73 Å². The van der Waals surface area contributed by atoms with Crippen LogP contribution in [0.15, 0.2) is 75.6 Å². The monoisotopic (exact) mass is 262 g/mol. The smallest absolute Gasteiger partial charge is 0.125 e. The van der Waals surface area contributed by atoms with E-state index in [1.54, 1.807) is 6.21 Å². The van der Waals surface area contributed by atoms with Crippen molar-refractivity contribution in [1.29, 1.82) is 0 Å². The number of hydrogen-bond donors (Lipinski definition) is 1. The van der Waals surface area contributed by atoms with E-state index in [1.165, 1.54) is 0 Å². The van der Waals surface area contributed by atoms with Gasteiger partial charge in [-0.25, -0.2) is 0 Å². The molecular formula is C16H14N4. The summed E-state index contributed by atoms with van der Waals surface area (Å²) in [5.41, 5.74) is 9.63. The van der Waals surface area contributed by atoms with Crippen LogP contribution in [0.2, 0.25) is 0 Å². The van der Waals surface area contributed by atoms with Crippen LogP contribution in [-0.2, 0) is 0 Å². The van der Waals surface area contributed by atoms with E-state index in [0.29, 0.717) is 0 Å². The first-order chi connectivity index (χ1) is 9.83. The van der Waals surface area contributed by atoms with E-state index < -0.39 is 0 Å². The van der Waals surface area contributed by atoms with Gasteiger partial charge in [0.25, 0.3) is 0 Å². The molecule has 1 aliphatic heterocycles. The second kappa shape index (κ2) is 5.48. The highest BCUT2D eigenvalue weighted by Crippen LogP contribution is 2.29. The first-order valence-corrected chi connectivity index (χ1v) is 6.38. The lowest BCUT2D eigenvalue weighted by Gasteiger charge is -2.14. The van der Waals surface area contributed by atoms with Crippen LogP contribution in [0.25, 0.3) is 6.08 Å². The van der Waals surface area contributed by atoms with Crippen molar-refractivity contribution >= 4 is 18.0 Å². The molecule has 2 aromatic rings. The summed E-state index contributed by atoms with van der Waals surface area (Å²) < 4.78 is 0. The Bertz CT molecular complexity index is 669. The summed E-state index contributed by atoms with van der Waals surface area (Å²) in [5, 5.41) is 11.9. The molecule has 0 spiro atoms. The van der Waals surface area contributed by atoms with Gasteiger partial charge in [-0.3, -0.25) is 0 Å². The summed E-state index contributed by atoms with van der Waals surface area (Å²) >= 11 is 0. The number of anilines is 1. The Hall–Kier alpha value is -2.75. The molecule has 0 amide bonds. The van der Waals surface area contributed by atoms with Gasteiger partial charge in [0, 0.05) is 11.3 Å². The molecule has 0 aliphatic carbocycles. The third-order valence-corrected chi connectivity index (χ3v) is 3.13. The molecule has 4 nitrogen and oxygen atoms in total. The Morgan fingerprint density at radius 2 is 1.70 bits per heavy atom. The highest BCUT2D eigenvalue weighted by Gasteiger charge is 2.17. The van der Waals surface area contributed by atoms with Gasteiger partial charge in [0.1, 0.15) is 6.04 Å². The van der Waals surface area contributed by atoms with Crippen LogP contribution in [0.3, 0.4) is 0 Å². The van der Waals surface area contributed by atoms with Crippen LogP contribution in [0.4, 0.5) is 5.69 Å². The molecule has 0 saturated heterocycles. The molecule has 0 saturated carbocycles. The lowest BCUT2D eigenvalue weighted by Crippen LogP contribution is -2.03. The predicted octanol–water partition coefficient (Wildman–Crippen LogP) is 3.85. The first-order valence-electron chi connectivity index (χ1n) is 6.38. The Labute approximate surface area is 117 Å². The molecule has 0 bridgehead atoms. The van der Waals surface area contributed by atoms with Crippen molar-refractivity contribution in [3.8, 4) is 0 Å². The summed E-state index contributed by atoms with van der Waals surface area (Å²) in [5.74, 6) is 0. The second-order valence-electron chi connectivity index (χ2n) is 4.57. The van der Waals surface area contributed by atoms with Crippen molar-refractivity contribution < 1.29 is 0 Å². The maximum absolute atomic E-state index is 5.70. The second-order valence-corrected chi connectivity index (χ2v) is 4.57. The fraction of sp³-hybridized carbons (Fsp3) is 0.0625. The average Bonchev–Trinajstić information content (AvgIpc) is 2.51. The van der Waals surface area contributed by atoms with Crippen LogP contribution in [0, 0.1) is 0 Å². The van der Waals surface area contributed by atoms with Crippen LogP contribution in [0.5, 0.6) is 0 Å². The summed E-state index contributed by atoms with van der Waals surface area (Å²) in [6.07, 6.45) is 3.81. The van der Waals surface area contributed by atoms with Crippen molar-refractivity contribution in [2.75, 3.05) is 5.73 Å². The maximum Gasteiger partial charge on any atom is 0.125 e. The van der Waals surface area contributed by atoms with Gasteiger partial charge in [-0.05, 0) is 34.6 Å². The zero-order valence-electron chi connectivity index (χ0n) is 10.8. The first kappa shape index (κ1) is 12.3. The van der Waals surface area contributed by atoms with Crippen LogP contribution < -0.4 is 5.73 Å². The highest BCUT2D eigenvalue weighted by atomic mass is 15.4. The van der Waals surface area contributed by atoms with Crippen molar-refractivity contribution in [2.45, 2.75) is 6.04 Å². The molecule has 20 heavy (non-hydrogen) atoms. The summed E-state index contributed by atoms with van der Waals surface area (Å²) in [6.45, 7) is 0. The van der Waals surface area contributed by atoms with E-state index in [-0.39, 0.29) is 6.04 Å². The van der Waals surface area contributed by atoms with Gasteiger partial charge in [0.15, 0.2) is 0 Å². The molecule has 3 rings (SSSR count). The molecule has 98 valence electrons. The lowest BCUT2D eigenvalue weighted by molar-refractivity contribution is 0.769. The molecule has 1 unspecified atom stereocenters. The molecule has 0 aromatic heterocycles.